The van der Waals surface area contributed by atoms with Crippen molar-refractivity contribution < 1.29 is 0 Å². The Labute approximate surface area is 147 Å². The summed E-state index contributed by atoms with van der Waals surface area (Å²) in [5, 5.41) is 6.72. The second-order valence-electron chi connectivity index (χ2n) is 5.13. The highest BCUT2D eigenvalue weighted by Crippen LogP contribution is 2.33. The molecule has 1 aromatic heterocycles. The molecule has 2 aromatic rings. The molecule has 114 valence electrons. The quantitative estimate of drug-likeness (QED) is 0.595. The second-order valence-corrected chi connectivity index (χ2v) is 6.69. The van der Waals surface area contributed by atoms with E-state index < -0.39 is 0 Å². The normalized spacial score (nSPS) is 11.8. The maximum absolute atomic E-state index is 6.16. The number of rotatable bonds is 7. The summed E-state index contributed by atoms with van der Waals surface area (Å²) in [6.07, 6.45) is 3.49. The van der Waals surface area contributed by atoms with Crippen LogP contribution in [-0.4, -0.2) is 25.4 Å². The summed E-state index contributed by atoms with van der Waals surface area (Å²) in [4.78, 5) is 4.44. The molecular weight excluding hydrogens is 417 g/mol. The lowest BCUT2D eigenvalue weighted by Crippen LogP contribution is -2.34. The number of aryl methyl sites for hydroxylation is 1. The fraction of sp³-hybridized carbons (Fsp3) is 0.467. The molecule has 0 radical (unpaired) electrons. The summed E-state index contributed by atoms with van der Waals surface area (Å²) in [6, 6.07) is 8.05. The van der Waals surface area contributed by atoms with E-state index in [0.29, 0.717) is 0 Å². The largest absolute Gasteiger partial charge is 0.250 e. The van der Waals surface area contributed by atoms with Gasteiger partial charge in [-0.05, 0) is 24.1 Å². The number of nitrogens with zero attached hydrogens (tertiary/aromatic N) is 3. The van der Waals surface area contributed by atoms with Crippen molar-refractivity contribution in [2.75, 3.05) is 10.7 Å². The van der Waals surface area contributed by atoms with Crippen molar-refractivity contribution in [3.8, 4) is 0 Å². The van der Waals surface area contributed by atoms with Crippen LogP contribution in [0.25, 0.3) is 0 Å². The van der Waals surface area contributed by atoms with E-state index in [1.54, 1.807) is 6.33 Å². The van der Waals surface area contributed by atoms with E-state index in [1.165, 1.54) is 5.56 Å². The predicted octanol–water partition coefficient (Wildman–Crippen LogP) is 4.61. The van der Waals surface area contributed by atoms with E-state index in [9.17, 15) is 0 Å². The number of hydrogen-bond donors (Lipinski definition) is 0. The van der Waals surface area contributed by atoms with Crippen LogP contribution >= 0.6 is 43.5 Å². The van der Waals surface area contributed by atoms with Crippen LogP contribution in [0.3, 0.4) is 0 Å². The molecule has 0 saturated carbocycles. The van der Waals surface area contributed by atoms with Crippen molar-refractivity contribution in [3.05, 3.63) is 47.0 Å². The molecule has 1 heterocycles. The molecule has 0 amide bonds. The standard InChI is InChI=1S/C15H18Br2ClN3/c1-2-6-21-14(19-11-20-21)8-15(9-16,10-17)12-4-3-5-13(18)7-12/h3-5,7,11H,2,6,8-10H2,1H3. The number of alkyl halides is 2. The zero-order valence-corrected chi connectivity index (χ0v) is 15.8. The van der Waals surface area contributed by atoms with Crippen LogP contribution in [0.4, 0.5) is 0 Å². The van der Waals surface area contributed by atoms with Crippen molar-refractivity contribution in [1.29, 1.82) is 0 Å². The smallest absolute Gasteiger partial charge is 0.138 e. The molecule has 0 aliphatic carbocycles. The first kappa shape index (κ1) is 17.0. The van der Waals surface area contributed by atoms with Crippen LogP contribution in [0.5, 0.6) is 0 Å². The van der Waals surface area contributed by atoms with Crippen molar-refractivity contribution in [1.82, 2.24) is 14.8 Å². The Morgan fingerprint density at radius 3 is 2.67 bits per heavy atom. The molecule has 0 fully saturated rings. The van der Waals surface area contributed by atoms with Gasteiger partial charge in [-0.3, -0.25) is 4.68 Å². The SMILES string of the molecule is CCCn1ncnc1CC(CBr)(CBr)c1cccc(Cl)c1. The third-order valence-electron chi connectivity index (χ3n) is 3.58. The van der Waals surface area contributed by atoms with Crippen molar-refractivity contribution in [2.45, 2.75) is 31.7 Å². The average Bonchev–Trinajstić information content (AvgIpc) is 2.92. The van der Waals surface area contributed by atoms with Gasteiger partial charge in [0, 0.05) is 34.1 Å². The van der Waals surface area contributed by atoms with Gasteiger partial charge < -0.3 is 0 Å². The van der Waals surface area contributed by atoms with E-state index in [4.69, 9.17) is 11.6 Å². The molecule has 0 unspecified atom stereocenters. The van der Waals surface area contributed by atoms with E-state index in [-0.39, 0.29) is 5.41 Å². The third-order valence-corrected chi connectivity index (χ3v) is 5.96. The summed E-state index contributed by atoms with van der Waals surface area (Å²) in [5.41, 5.74) is 1.11. The summed E-state index contributed by atoms with van der Waals surface area (Å²) in [7, 11) is 0. The molecule has 0 aliphatic heterocycles. The van der Waals surface area contributed by atoms with Crippen LogP contribution in [0, 0.1) is 0 Å². The highest BCUT2D eigenvalue weighted by Gasteiger charge is 2.32. The van der Waals surface area contributed by atoms with E-state index in [2.05, 4.69) is 54.9 Å². The minimum atomic E-state index is -0.0938. The fourth-order valence-corrected chi connectivity index (χ4v) is 4.49. The summed E-state index contributed by atoms with van der Waals surface area (Å²) in [6.45, 7) is 3.04. The van der Waals surface area contributed by atoms with Crippen LogP contribution < -0.4 is 0 Å². The summed E-state index contributed by atoms with van der Waals surface area (Å²) in [5.74, 6) is 1.01. The van der Waals surface area contributed by atoms with Gasteiger partial charge in [-0.25, -0.2) is 4.98 Å². The highest BCUT2D eigenvalue weighted by molar-refractivity contribution is 9.09. The van der Waals surface area contributed by atoms with Gasteiger partial charge in [0.2, 0.25) is 0 Å². The lowest BCUT2D eigenvalue weighted by atomic mass is 9.81. The zero-order valence-electron chi connectivity index (χ0n) is 11.9. The molecule has 6 heteroatoms. The number of aromatic nitrogens is 3. The average molecular weight is 436 g/mol. The van der Waals surface area contributed by atoms with Crippen LogP contribution in [0.15, 0.2) is 30.6 Å². The van der Waals surface area contributed by atoms with Gasteiger partial charge in [-0.1, -0.05) is 62.5 Å². The Balaban J connectivity index is 2.36. The Kier molecular flexibility index (Phi) is 6.26. The maximum Gasteiger partial charge on any atom is 0.138 e. The summed E-state index contributed by atoms with van der Waals surface area (Å²) < 4.78 is 1.99. The van der Waals surface area contributed by atoms with Crippen LogP contribution in [-0.2, 0) is 18.4 Å². The van der Waals surface area contributed by atoms with E-state index in [0.717, 1.165) is 40.9 Å². The molecule has 2 rings (SSSR count). The molecule has 0 atom stereocenters. The molecule has 0 saturated heterocycles. The minimum Gasteiger partial charge on any atom is -0.250 e. The topological polar surface area (TPSA) is 30.7 Å². The molecular formula is C15H18Br2ClN3. The van der Waals surface area contributed by atoms with Gasteiger partial charge in [0.05, 0.1) is 0 Å². The molecule has 21 heavy (non-hydrogen) atoms. The summed E-state index contributed by atoms with van der Waals surface area (Å²) >= 11 is 13.5. The van der Waals surface area contributed by atoms with Crippen LogP contribution in [0.1, 0.15) is 24.7 Å². The first-order valence-electron chi connectivity index (χ1n) is 6.90. The molecule has 3 nitrogen and oxygen atoms in total. The van der Waals surface area contributed by atoms with Gasteiger partial charge in [0.1, 0.15) is 12.2 Å². The Morgan fingerprint density at radius 1 is 1.29 bits per heavy atom. The predicted molar refractivity (Wildman–Crippen MR) is 94.7 cm³/mol. The molecule has 0 aliphatic rings. The minimum absolute atomic E-state index is 0.0938. The second kappa shape index (κ2) is 7.75. The van der Waals surface area contributed by atoms with Gasteiger partial charge >= 0.3 is 0 Å². The van der Waals surface area contributed by atoms with E-state index in [1.807, 2.05) is 22.9 Å². The monoisotopic (exact) mass is 433 g/mol. The molecule has 0 N–H and O–H groups in total. The molecule has 0 bridgehead atoms. The van der Waals surface area contributed by atoms with Crippen LogP contribution in [0.2, 0.25) is 5.02 Å². The Hall–Kier alpha value is -0.390. The lowest BCUT2D eigenvalue weighted by molar-refractivity contribution is 0.489. The first-order chi connectivity index (χ1) is 10.1. The van der Waals surface area contributed by atoms with Gasteiger partial charge in [0.15, 0.2) is 0 Å². The van der Waals surface area contributed by atoms with Crippen molar-refractivity contribution >= 4 is 43.5 Å². The Morgan fingerprint density at radius 2 is 2.05 bits per heavy atom. The van der Waals surface area contributed by atoms with Gasteiger partial charge in [0.25, 0.3) is 0 Å². The van der Waals surface area contributed by atoms with E-state index >= 15 is 0 Å². The molecule has 1 aromatic carbocycles. The first-order valence-corrected chi connectivity index (χ1v) is 9.52. The Bertz CT molecular complexity index is 582. The van der Waals surface area contributed by atoms with Crippen molar-refractivity contribution in [2.24, 2.45) is 0 Å². The highest BCUT2D eigenvalue weighted by atomic mass is 79.9. The maximum atomic E-state index is 6.16. The molecule has 0 spiro atoms. The number of benzene rings is 1. The van der Waals surface area contributed by atoms with Gasteiger partial charge in [-0.2, -0.15) is 5.10 Å². The number of hydrogen-bond acceptors (Lipinski definition) is 2. The number of halogens is 3. The third kappa shape index (κ3) is 3.88. The van der Waals surface area contributed by atoms with Crippen molar-refractivity contribution in [3.63, 3.8) is 0 Å². The fourth-order valence-electron chi connectivity index (χ4n) is 2.33. The zero-order chi connectivity index (χ0) is 15.3. The van der Waals surface area contributed by atoms with Gasteiger partial charge in [-0.15, -0.1) is 0 Å². The lowest BCUT2D eigenvalue weighted by Gasteiger charge is -2.30.